The predicted octanol–water partition coefficient (Wildman–Crippen LogP) is 22.4. The molecule has 18 rings (SSSR count). The highest BCUT2D eigenvalue weighted by atomic mass is 15.2. The molecule has 0 amide bonds. The second-order valence-electron chi connectivity index (χ2n) is 27.1. The summed E-state index contributed by atoms with van der Waals surface area (Å²) in [5.74, 6) is 2.08. The van der Waals surface area contributed by atoms with Crippen LogP contribution in [0.4, 0.5) is 34.1 Å². The fourth-order valence-electron chi connectivity index (χ4n) is 16.9. The van der Waals surface area contributed by atoms with Crippen LogP contribution in [0.2, 0.25) is 0 Å². The van der Waals surface area contributed by atoms with Gasteiger partial charge in [-0.2, -0.15) is 0 Å². The number of anilines is 6. The third-order valence-corrected chi connectivity index (χ3v) is 21.1. The van der Waals surface area contributed by atoms with Gasteiger partial charge in [0.1, 0.15) is 0 Å². The highest BCUT2D eigenvalue weighted by Crippen LogP contribution is 2.52. The lowest BCUT2D eigenvalue weighted by atomic mass is 9.32. The molecule has 2 aliphatic heterocycles. The van der Waals surface area contributed by atoms with Crippen molar-refractivity contribution in [2.45, 2.75) is 105 Å². The van der Waals surface area contributed by atoms with Gasteiger partial charge in [0.2, 0.25) is 0 Å². The van der Waals surface area contributed by atoms with Gasteiger partial charge >= 0.3 is 0 Å². The van der Waals surface area contributed by atoms with E-state index < -0.39 is 0 Å². The van der Waals surface area contributed by atoms with Crippen LogP contribution in [0.25, 0.3) is 120 Å². The Morgan fingerprint density at radius 1 is 0.274 bits per heavy atom. The van der Waals surface area contributed by atoms with Crippen molar-refractivity contribution in [1.29, 1.82) is 0 Å². The normalized spacial score (nSPS) is 12.9. The Labute approximate surface area is 556 Å². The Hall–Kier alpha value is -10.4. The SMILES string of the molecule is CCCCc1cc(CCCC)cc(-c2nc(-c3cc(CCCC)cc(CCCC)c3)nc(-c3cc4c5c(c3)N(c3ccccc3)c3cc6c7cccc8cccc(c9cccc(c3B5c3c(cc5c%10cccc%11cccc(c%12cccc3c%125)c%11%10)N4c3ccccc3)c96)c87)n2)c1. The molecule has 16 aromatic rings. The molecule has 0 N–H and O–H groups in total. The third kappa shape index (κ3) is 9.22. The van der Waals surface area contributed by atoms with Crippen molar-refractivity contribution >= 4 is 143 Å². The van der Waals surface area contributed by atoms with E-state index in [2.05, 4.69) is 268 Å². The van der Waals surface area contributed by atoms with Gasteiger partial charge in [0.05, 0.1) is 0 Å². The van der Waals surface area contributed by atoms with Crippen molar-refractivity contribution in [3.8, 4) is 34.2 Å². The van der Waals surface area contributed by atoms with Gasteiger partial charge in [-0.3, -0.25) is 0 Å². The zero-order chi connectivity index (χ0) is 63.4. The highest BCUT2D eigenvalue weighted by Gasteiger charge is 2.46. The minimum atomic E-state index is -0.224. The second kappa shape index (κ2) is 23.2. The first-order valence-electron chi connectivity index (χ1n) is 35.1. The topological polar surface area (TPSA) is 45.2 Å². The number of para-hydroxylation sites is 2. The molecule has 5 nitrogen and oxygen atoms in total. The molecule has 1 aromatic heterocycles. The fraction of sp³-hybridized carbons (Fsp3) is 0.180. The van der Waals surface area contributed by atoms with E-state index in [0.717, 1.165) is 116 Å². The first kappa shape index (κ1) is 57.3. The Morgan fingerprint density at radius 2 is 0.579 bits per heavy atom. The van der Waals surface area contributed by atoms with Crippen LogP contribution < -0.4 is 26.2 Å². The number of aromatic nitrogens is 3. The average Bonchev–Trinajstić information content (AvgIpc) is 0.674. The minimum Gasteiger partial charge on any atom is -0.311 e. The molecule has 95 heavy (non-hydrogen) atoms. The molecule has 0 saturated carbocycles. The van der Waals surface area contributed by atoms with Crippen molar-refractivity contribution in [3.05, 3.63) is 253 Å². The van der Waals surface area contributed by atoms with E-state index in [0.29, 0.717) is 17.5 Å². The van der Waals surface area contributed by atoms with Gasteiger partial charge in [-0.15, -0.1) is 0 Å². The van der Waals surface area contributed by atoms with Gasteiger partial charge in [0.15, 0.2) is 17.5 Å². The van der Waals surface area contributed by atoms with Crippen LogP contribution >= 0.6 is 0 Å². The van der Waals surface area contributed by atoms with Gasteiger partial charge in [0, 0.05) is 50.8 Å². The van der Waals surface area contributed by atoms with Gasteiger partial charge in [0.25, 0.3) is 6.71 Å². The lowest BCUT2D eigenvalue weighted by molar-refractivity contribution is 0.780. The molecule has 0 spiro atoms. The van der Waals surface area contributed by atoms with E-state index in [4.69, 9.17) is 15.0 Å². The lowest BCUT2D eigenvalue weighted by Gasteiger charge is -2.45. The molecule has 458 valence electrons. The van der Waals surface area contributed by atoms with Crippen molar-refractivity contribution < 1.29 is 0 Å². The molecule has 15 aromatic carbocycles. The summed E-state index contributed by atoms with van der Waals surface area (Å²) in [5, 5.41) is 20.5. The van der Waals surface area contributed by atoms with E-state index in [1.807, 2.05) is 0 Å². The highest BCUT2D eigenvalue weighted by molar-refractivity contribution is 7.03. The van der Waals surface area contributed by atoms with E-state index in [1.165, 1.54) is 136 Å². The molecule has 0 unspecified atom stereocenters. The smallest absolute Gasteiger partial charge is 0.253 e. The van der Waals surface area contributed by atoms with Crippen LogP contribution in [0.15, 0.2) is 231 Å². The van der Waals surface area contributed by atoms with E-state index >= 15 is 0 Å². The van der Waals surface area contributed by atoms with Crippen LogP contribution in [0.3, 0.4) is 0 Å². The summed E-state index contributed by atoms with van der Waals surface area (Å²) in [6.45, 7) is 8.95. The average molecular weight is 1220 g/mol. The maximum atomic E-state index is 5.83. The lowest BCUT2D eigenvalue weighted by Crippen LogP contribution is -2.61. The zero-order valence-corrected chi connectivity index (χ0v) is 54.7. The van der Waals surface area contributed by atoms with Gasteiger partial charge < -0.3 is 9.80 Å². The predicted molar refractivity (Wildman–Crippen MR) is 407 cm³/mol. The van der Waals surface area contributed by atoms with Crippen molar-refractivity contribution in [2.24, 2.45) is 0 Å². The largest absolute Gasteiger partial charge is 0.311 e. The number of benzene rings is 15. The van der Waals surface area contributed by atoms with Crippen LogP contribution in [0, 0.1) is 0 Å². The molecule has 0 saturated heterocycles. The summed E-state index contributed by atoms with van der Waals surface area (Å²) in [6.07, 6.45) is 13.1. The van der Waals surface area contributed by atoms with Gasteiger partial charge in [-0.1, -0.05) is 211 Å². The fourth-order valence-corrected chi connectivity index (χ4v) is 16.9. The molecular weight excluding hydrogens is 1150 g/mol. The Balaban J connectivity index is 0.998. The zero-order valence-electron chi connectivity index (χ0n) is 54.7. The number of hydrogen-bond acceptors (Lipinski definition) is 5. The van der Waals surface area contributed by atoms with E-state index in [1.54, 1.807) is 0 Å². The quantitative estimate of drug-likeness (QED) is 0.0516. The summed E-state index contributed by atoms with van der Waals surface area (Å²) in [7, 11) is 0. The standard InChI is InChI=1S/C89H74BN5/c1-5-9-25-55-45-56(26-10-6-2)48-61(47-55)87-91-88(62-49-57(27-11-7-3)46-58(50-62)28-12-8-4)93-89(92-87)63-51-76-86-77(52-63)95(65-35-17-14-18-36-65)79-54-75-71-40-22-32-60-30-20-38-67(81(60)71)69-42-24-44-73(83(69)75)85(79)90(86)84-72-43-23-41-68-66-37-19-29-59-31-21-39-70(80(59)66)74(82(68)72)53-78(84)94(76)64-33-15-13-16-34-64/h13-24,29-54H,5-12,25-28H2,1-4H3. The number of fused-ring (bicyclic) bond motifs is 10. The maximum absolute atomic E-state index is 5.83. The Kier molecular flexibility index (Phi) is 14.0. The molecule has 0 atom stereocenters. The molecule has 6 heteroatoms. The molecule has 0 aliphatic carbocycles. The summed E-state index contributed by atoms with van der Waals surface area (Å²) in [4.78, 5) is 22.5. The van der Waals surface area contributed by atoms with Crippen LogP contribution in [0.1, 0.15) is 101 Å². The monoisotopic (exact) mass is 1220 g/mol. The molecule has 0 bridgehead atoms. The first-order valence-corrected chi connectivity index (χ1v) is 35.1. The number of aryl methyl sites for hydroxylation is 4. The van der Waals surface area contributed by atoms with Gasteiger partial charge in [-0.25, -0.2) is 15.0 Å². The second-order valence-corrected chi connectivity index (χ2v) is 27.1. The summed E-state index contributed by atoms with van der Waals surface area (Å²) >= 11 is 0. The van der Waals surface area contributed by atoms with Crippen molar-refractivity contribution in [3.63, 3.8) is 0 Å². The molecule has 3 heterocycles. The van der Waals surface area contributed by atoms with Crippen molar-refractivity contribution in [1.82, 2.24) is 15.0 Å². The van der Waals surface area contributed by atoms with E-state index in [-0.39, 0.29) is 6.71 Å². The third-order valence-electron chi connectivity index (χ3n) is 21.1. The Bertz CT molecular complexity index is 5290. The Morgan fingerprint density at radius 3 is 0.937 bits per heavy atom. The van der Waals surface area contributed by atoms with Crippen LogP contribution in [-0.2, 0) is 25.7 Å². The number of unbranched alkanes of at least 4 members (excludes halogenated alkanes) is 4. The number of nitrogens with zero attached hydrogens (tertiary/aromatic N) is 5. The van der Waals surface area contributed by atoms with Crippen LogP contribution in [0.5, 0.6) is 0 Å². The number of hydrogen-bond donors (Lipinski definition) is 0. The van der Waals surface area contributed by atoms with E-state index in [9.17, 15) is 0 Å². The molecule has 0 fully saturated rings. The minimum absolute atomic E-state index is 0.224. The molecule has 0 radical (unpaired) electrons. The number of rotatable bonds is 17. The summed E-state index contributed by atoms with van der Waals surface area (Å²) in [6, 6.07) is 88.5. The summed E-state index contributed by atoms with van der Waals surface area (Å²) in [5.41, 5.74) is 19.0. The molecule has 2 aliphatic rings. The summed E-state index contributed by atoms with van der Waals surface area (Å²) < 4.78 is 0. The maximum Gasteiger partial charge on any atom is 0.253 e. The van der Waals surface area contributed by atoms with Gasteiger partial charge in [-0.05, 0) is 249 Å². The van der Waals surface area contributed by atoms with Crippen LogP contribution in [-0.4, -0.2) is 21.7 Å². The van der Waals surface area contributed by atoms with Crippen molar-refractivity contribution in [2.75, 3.05) is 9.80 Å². The molecular formula is C89H74BN5. The first-order chi connectivity index (χ1) is 46.9.